The summed E-state index contributed by atoms with van der Waals surface area (Å²) >= 11 is 0. The van der Waals surface area contributed by atoms with Crippen molar-refractivity contribution >= 4 is 34.0 Å². The Kier molecular flexibility index (Phi) is 3.32. The smallest absolute Gasteiger partial charge is 0.131 e. The maximum atomic E-state index is 14.8. The highest BCUT2D eigenvalue weighted by Gasteiger charge is 2.22. The normalized spacial score (nSPS) is 14.7. The topological polar surface area (TPSA) is 28.1 Å². The van der Waals surface area contributed by atoms with Crippen LogP contribution in [0.4, 0.5) is 10.1 Å². The van der Waals surface area contributed by atoms with Crippen molar-refractivity contribution in [1.82, 2.24) is 4.98 Å². The van der Waals surface area contributed by atoms with Gasteiger partial charge in [-0.3, -0.25) is 4.99 Å². The lowest BCUT2D eigenvalue weighted by atomic mass is 9.90. The zero-order valence-electron chi connectivity index (χ0n) is 13.9. The van der Waals surface area contributed by atoms with E-state index in [-0.39, 0.29) is 5.82 Å². The van der Waals surface area contributed by atoms with Crippen LogP contribution in [0.5, 0.6) is 0 Å². The number of nitrogens with one attached hydrogen (secondary N) is 1. The van der Waals surface area contributed by atoms with Crippen LogP contribution < -0.4 is 0 Å². The average molecular weight is 338 g/mol. The Morgan fingerprint density at radius 3 is 2.50 bits per heavy atom. The fraction of sp³-hybridized carbons (Fsp3) is 0. The Morgan fingerprint density at radius 1 is 0.808 bits per heavy atom. The Balaban J connectivity index is 1.88. The molecule has 0 spiro atoms. The summed E-state index contributed by atoms with van der Waals surface area (Å²) < 4.78 is 14.8. The molecule has 3 heteroatoms. The lowest BCUT2D eigenvalue weighted by molar-refractivity contribution is 0.624. The monoisotopic (exact) mass is 338 g/mol. The van der Waals surface area contributed by atoms with Crippen molar-refractivity contribution in [1.29, 1.82) is 0 Å². The summed E-state index contributed by atoms with van der Waals surface area (Å²) in [6.07, 6.45) is 3.79. The van der Waals surface area contributed by atoms with Crippen LogP contribution in [0.2, 0.25) is 0 Å². The lowest BCUT2D eigenvalue weighted by Gasteiger charge is -2.12. The van der Waals surface area contributed by atoms with Crippen molar-refractivity contribution in [2.24, 2.45) is 4.99 Å². The summed E-state index contributed by atoms with van der Waals surface area (Å²) in [5.41, 5.74) is 6.32. The number of aliphatic imine (C=N–C) groups is 1. The molecular weight excluding hydrogens is 323 g/mol. The fourth-order valence-electron chi connectivity index (χ4n) is 3.59. The first-order chi connectivity index (χ1) is 12.8. The Labute approximate surface area is 150 Å². The minimum absolute atomic E-state index is 0.238. The highest BCUT2D eigenvalue weighted by molar-refractivity contribution is 6.27. The molecule has 0 atom stereocenters. The van der Waals surface area contributed by atoms with E-state index >= 15 is 0 Å². The first kappa shape index (κ1) is 14.8. The van der Waals surface area contributed by atoms with Gasteiger partial charge in [0.25, 0.3) is 0 Å². The molecule has 1 aromatic heterocycles. The second-order valence-corrected chi connectivity index (χ2v) is 6.29. The Hall–Kier alpha value is -3.46. The van der Waals surface area contributed by atoms with Crippen LogP contribution >= 0.6 is 0 Å². The number of nitrogens with zero attached hydrogens (tertiary/aromatic N) is 1. The minimum atomic E-state index is -0.238. The predicted octanol–water partition coefficient (Wildman–Crippen LogP) is 5.98. The van der Waals surface area contributed by atoms with E-state index in [1.54, 1.807) is 6.07 Å². The maximum absolute atomic E-state index is 14.8. The second kappa shape index (κ2) is 5.81. The maximum Gasteiger partial charge on any atom is 0.131 e. The van der Waals surface area contributed by atoms with Crippen molar-refractivity contribution in [3.8, 4) is 0 Å². The summed E-state index contributed by atoms with van der Waals surface area (Å²) in [6, 6.07) is 23.0. The van der Waals surface area contributed by atoms with Gasteiger partial charge in [-0.1, -0.05) is 54.6 Å². The Morgan fingerprint density at radius 2 is 1.58 bits per heavy atom. The van der Waals surface area contributed by atoms with Gasteiger partial charge in [0.2, 0.25) is 0 Å². The molecule has 1 N–H and O–H groups in total. The van der Waals surface area contributed by atoms with Gasteiger partial charge in [0.05, 0.1) is 5.69 Å². The van der Waals surface area contributed by atoms with E-state index in [1.807, 2.05) is 67.0 Å². The fourth-order valence-corrected chi connectivity index (χ4v) is 3.59. The zero-order valence-corrected chi connectivity index (χ0v) is 13.9. The van der Waals surface area contributed by atoms with Crippen LogP contribution in [0.15, 0.2) is 84.0 Å². The number of allylic oxidation sites excluding steroid dienone is 1. The molecule has 1 aliphatic heterocycles. The zero-order chi connectivity index (χ0) is 17.5. The lowest BCUT2D eigenvalue weighted by Crippen LogP contribution is -1.96. The van der Waals surface area contributed by atoms with E-state index in [2.05, 4.69) is 16.0 Å². The third kappa shape index (κ3) is 2.21. The summed E-state index contributed by atoms with van der Waals surface area (Å²) in [5.74, 6) is -0.238. The number of rotatable bonds is 2. The molecule has 0 radical (unpaired) electrons. The van der Waals surface area contributed by atoms with Crippen molar-refractivity contribution < 1.29 is 4.39 Å². The first-order valence-corrected chi connectivity index (χ1v) is 8.52. The van der Waals surface area contributed by atoms with Crippen molar-refractivity contribution in [2.45, 2.75) is 0 Å². The van der Waals surface area contributed by atoms with Gasteiger partial charge < -0.3 is 4.98 Å². The molecule has 0 saturated carbocycles. The SMILES string of the molecule is Fc1ccccc1/C(=C1/C=Nc2ccccc21)c1c[nH]c2ccccc12. The van der Waals surface area contributed by atoms with Crippen LogP contribution in [0.25, 0.3) is 22.0 Å². The molecule has 5 rings (SSSR count). The Bertz CT molecular complexity index is 1200. The van der Waals surface area contributed by atoms with E-state index in [9.17, 15) is 4.39 Å². The molecule has 124 valence electrons. The van der Waals surface area contributed by atoms with Gasteiger partial charge >= 0.3 is 0 Å². The van der Waals surface area contributed by atoms with Gasteiger partial charge in [0.15, 0.2) is 0 Å². The number of benzene rings is 3. The number of halogens is 1. The molecular formula is C23H15FN2. The number of hydrogen-bond acceptors (Lipinski definition) is 1. The highest BCUT2D eigenvalue weighted by atomic mass is 19.1. The van der Waals surface area contributed by atoms with Crippen LogP contribution in [0, 0.1) is 5.82 Å². The third-order valence-corrected chi connectivity index (χ3v) is 4.80. The number of H-pyrrole nitrogens is 1. The number of fused-ring (bicyclic) bond motifs is 2. The molecule has 26 heavy (non-hydrogen) atoms. The van der Waals surface area contributed by atoms with Gasteiger partial charge in [0.1, 0.15) is 5.82 Å². The van der Waals surface area contributed by atoms with Gasteiger partial charge in [0, 0.05) is 51.2 Å². The minimum Gasteiger partial charge on any atom is -0.361 e. The van der Waals surface area contributed by atoms with Crippen LogP contribution in [0.1, 0.15) is 16.7 Å². The predicted molar refractivity (Wildman–Crippen MR) is 105 cm³/mol. The summed E-state index contributed by atoms with van der Waals surface area (Å²) in [5, 5.41) is 1.07. The molecule has 0 fully saturated rings. The van der Waals surface area contributed by atoms with Crippen LogP contribution in [0.3, 0.4) is 0 Å². The van der Waals surface area contributed by atoms with E-state index < -0.39 is 0 Å². The summed E-state index contributed by atoms with van der Waals surface area (Å²) in [4.78, 5) is 7.84. The van der Waals surface area contributed by atoms with E-state index in [0.717, 1.165) is 38.9 Å². The molecule has 2 nitrogen and oxygen atoms in total. The third-order valence-electron chi connectivity index (χ3n) is 4.80. The van der Waals surface area contributed by atoms with Crippen LogP contribution in [-0.4, -0.2) is 11.2 Å². The largest absolute Gasteiger partial charge is 0.361 e. The van der Waals surface area contributed by atoms with Crippen molar-refractivity contribution in [3.05, 3.63) is 102 Å². The van der Waals surface area contributed by atoms with Crippen LogP contribution in [-0.2, 0) is 0 Å². The average Bonchev–Trinajstić information content (AvgIpc) is 3.29. The summed E-state index contributed by atoms with van der Waals surface area (Å²) in [6.45, 7) is 0. The molecule has 1 aliphatic rings. The summed E-state index contributed by atoms with van der Waals surface area (Å²) in [7, 11) is 0. The number of hydrogen-bond donors (Lipinski definition) is 1. The number of aromatic amines is 1. The number of aromatic nitrogens is 1. The van der Waals surface area contributed by atoms with Gasteiger partial charge in [-0.25, -0.2) is 4.39 Å². The molecule has 0 unspecified atom stereocenters. The molecule has 4 aromatic rings. The van der Waals surface area contributed by atoms with Gasteiger partial charge in [-0.2, -0.15) is 0 Å². The van der Waals surface area contributed by atoms with Crippen molar-refractivity contribution in [2.75, 3.05) is 0 Å². The van der Waals surface area contributed by atoms with Gasteiger partial charge in [-0.05, 0) is 18.2 Å². The van der Waals surface area contributed by atoms with E-state index in [4.69, 9.17) is 0 Å². The van der Waals surface area contributed by atoms with Gasteiger partial charge in [-0.15, -0.1) is 0 Å². The standard InChI is InChI=1S/C23H15FN2/c24-20-10-4-1-9-17(20)23(18-13-25-21-11-5-2-7-15(18)21)19-14-26-22-12-6-3-8-16(19)22/h1-14,25H/b23-19+. The van der Waals surface area contributed by atoms with E-state index in [1.165, 1.54) is 6.07 Å². The molecule has 3 aromatic carbocycles. The molecule has 0 aliphatic carbocycles. The first-order valence-electron chi connectivity index (χ1n) is 8.52. The molecule has 0 saturated heterocycles. The van der Waals surface area contributed by atoms with Crippen molar-refractivity contribution in [3.63, 3.8) is 0 Å². The highest BCUT2D eigenvalue weighted by Crippen LogP contribution is 2.41. The molecule has 0 bridgehead atoms. The quantitative estimate of drug-likeness (QED) is 0.465. The molecule has 0 amide bonds. The second-order valence-electron chi connectivity index (χ2n) is 6.29. The molecule has 2 heterocycles. The van der Waals surface area contributed by atoms with E-state index in [0.29, 0.717) is 5.56 Å². The number of para-hydroxylation sites is 2.